The van der Waals surface area contributed by atoms with Crippen molar-refractivity contribution in [1.82, 2.24) is 4.31 Å². The van der Waals surface area contributed by atoms with Gasteiger partial charge in [-0.05, 0) is 61.4 Å². The highest BCUT2D eigenvalue weighted by atomic mass is 32.2. The highest BCUT2D eigenvalue weighted by molar-refractivity contribution is 7.89. The quantitative estimate of drug-likeness (QED) is 0.634. The molecule has 2 aromatic rings. The van der Waals surface area contributed by atoms with Gasteiger partial charge < -0.3 is 19.5 Å². The zero-order chi connectivity index (χ0) is 22.3. The fraction of sp³-hybridized carbons (Fsp3) is 0.409. The molecule has 2 aromatic carbocycles. The molecule has 1 fully saturated rings. The summed E-state index contributed by atoms with van der Waals surface area (Å²) in [6, 6.07) is 11.9. The fourth-order valence-corrected chi connectivity index (χ4v) is 4.78. The van der Waals surface area contributed by atoms with Crippen LogP contribution in [-0.2, 0) is 26.0 Å². The van der Waals surface area contributed by atoms with Gasteiger partial charge in [0.2, 0.25) is 15.9 Å². The summed E-state index contributed by atoms with van der Waals surface area (Å²) in [7, 11) is -2.10. The minimum atomic E-state index is -3.62. The lowest BCUT2D eigenvalue weighted by atomic mass is 10.1. The van der Waals surface area contributed by atoms with Crippen LogP contribution < -0.4 is 14.8 Å². The van der Waals surface area contributed by atoms with Crippen molar-refractivity contribution < 1.29 is 27.4 Å². The largest absolute Gasteiger partial charge is 0.496 e. The van der Waals surface area contributed by atoms with Gasteiger partial charge in [0.15, 0.2) is 0 Å². The molecule has 3 rings (SSSR count). The number of nitrogens with one attached hydrogen (secondary N) is 1. The lowest BCUT2D eigenvalue weighted by Crippen LogP contribution is -2.40. The Labute approximate surface area is 183 Å². The molecule has 168 valence electrons. The molecule has 0 spiro atoms. The van der Waals surface area contributed by atoms with Gasteiger partial charge in [-0.2, -0.15) is 4.31 Å². The van der Waals surface area contributed by atoms with Gasteiger partial charge in [-0.3, -0.25) is 4.79 Å². The second-order valence-electron chi connectivity index (χ2n) is 7.00. The Morgan fingerprint density at radius 3 is 2.48 bits per heavy atom. The maximum absolute atomic E-state index is 12.9. The van der Waals surface area contributed by atoms with Gasteiger partial charge in [-0.25, -0.2) is 8.42 Å². The Kier molecular flexibility index (Phi) is 7.89. The number of rotatable bonds is 9. The summed E-state index contributed by atoms with van der Waals surface area (Å²) in [6.07, 6.45) is 0.531. The first-order valence-electron chi connectivity index (χ1n) is 10.2. The molecule has 1 heterocycles. The third-order valence-corrected chi connectivity index (χ3v) is 6.82. The van der Waals surface area contributed by atoms with Crippen LogP contribution in [0.1, 0.15) is 18.9 Å². The van der Waals surface area contributed by atoms with E-state index in [0.29, 0.717) is 56.3 Å². The predicted molar refractivity (Wildman–Crippen MR) is 117 cm³/mol. The van der Waals surface area contributed by atoms with Crippen LogP contribution in [0.3, 0.4) is 0 Å². The van der Waals surface area contributed by atoms with E-state index in [0.717, 1.165) is 5.75 Å². The van der Waals surface area contributed by atoms with E-state index in [1.54, 1.807) is 36.4 Å². The molecule has 8 nitrogen and oxygen atoms in total. The molecule has 0 unspecified atom stereocenters. The van der Waals surface area contributed by atoms with Crippen molar-refractivity contribution in [1.29, 1.82) is 0 Å². The van der Waals surface area contributed by atoms with E-state index in [4.69, 9.17) is 14.2 Å². The smallest absolute Gasteiger partial charge is 0.243 e. The van der Waals surface area contributed by atoms with E-state index >= 15 is 0 Å². The molecule has 0 radical (unpaired) electrons. The Morgan fingerprint density at radius 2 is 1.84 bits per heavy atom. The van der Waals surface area contributed by atoms with Gasteiger partial charge in [0.05, 0.1) is 31.8 Å². The number of nitrogens with zero attached hydrogens (tertiary/aromatic N) is 1. The second kappa shape index (κ2) is 10.6. The number of carbonyl (C=O) groups is 1. The lowest BCUT2D eigenvalue weighted by molar-refractivity contribution is -0.116. The van der Waals surface area contributed by atoms with Crippen molar-refractivity contribution in [2.24, 2.45) is 0 Å². The first-order valence-corrected chi connectivity index (χ1v) is 11.7. The van der Waals surface area contributed by atoms with Crippen LogP contribution in [0.4, 0.5) is 5.69 Å². The summed E-state index contributed by atoms with van der Waals surface area (Å²) >= 11 is 0. The van der Waals surface area contributed by atoms with Crippen LogP contribution in [-0.4, -0.2) is 58.7 Å². The minimum Gasteiger partial charge on any atom is -0.496 e. The van der Waals surface area contributed by atoms with Crippen molar-refractivity contribution in [3.05, 3.63) is 48.0 Å². The van der Waals surface area contributed by atoms with Gasteiger partial charge >= 0.3 is 0 Å². The molecule has 1 aliphatic rings. The summed E-state index contributed by atoms with van der Waals surface area (Å²) < 4.78 is 43.3. The monoisotopic (exact) mass is 448 g/mol. The minimum absolute atomic E-state index is 0.173. The number of ether oxygens (including phenoxy) is 3. The number of anilines is 1. The van der Waals surface area contributed by atoms with Crippen LogP contribution in [0.15, 0.2) is 47.4 Å². The van der Waals surface area contributed by atoms with Crippen molar-refractivity contribution in [3.8, 4) is 11.5 Å². The second-order valence-corrected chi connectivity index (χ2v) is 8.93. The SMILES string of the molecule is CCOc1ccc(NC(=O)CCc2cc(S(=O)(=O)N3CCOCC3)ccc2OC)cc1. The molecule has 0 atom stereocenters. The maximum atomic E-state index is 12.9. The summed E-state index contributed by atoms with van der Waals surface area (Å²) in [4.78, 5) is 12.6. The van der Waals surface area contributed by atoms with E-state index in [9.17, 15) is 13.2 Å². The Balaban J connectivity index is 1.67. The van der Waals surface area contributed by atoms with Gasteiger partial charge in [0.25, 0.3) is 0 Å². The normalized spacial score (nSPS) is 14.8. The number of methoxy groups -OCH3 is 1. The Hall–Kier alpha value is -2.62. The predicted octanol–water partition coefficient (Wildman–Crippen LogP) is 2.69. The number of hydrogen-bond donors (Lipinski definition) is 1. The molecule has 0 saturated carbocycles. The molecule has 0 bridgehead atoms. The fourth-order valence-electron chi connectivity index (χ4n) is 3.32. The maximum Gasteiger partial charge on any atom is 0.243 e. The molecule has 1 saturated heterocycles. The highest BCUT2D eigenvalue weighted by Gasteiger charge is 2.27. The first kappa shape index (κ1) is 23.1. The summed E-state index contributed by atoms with van der Waals surface area (Å²) in [5.41, 5.74) is 1.34. The summed E-state index contributed by atoms with van der Waals surface area (Å²) in [6.45, 7) is 3.91. The molecule has 31 heavy (non-hydrogen) atoms. The molecule has 0 aromatic heterocycles. The number of benzene rings is 2. The lowest BCUT2D eigenvalue weighted by Gasteiger charge is -2.26. The molecule has 1 aliphatic heterocycles. The van der Waals surface area contributed by atoms with Gasteiger partial charge in [-0.1, -0.05) is 0 Å². The number of morpholine rings is 1. The molecular formula is C22H28N2O6S. The summed E-state index contributed by atoms with van der Waals surface area (Å²) in [5, 5.41) is 2.84. The van der Waals surface area contributed by atoms with Crippen LogP contribution in [0.25, 0.3) is 0 Å². The van der Waals surface area contributed by atoms with Crippen molar-refractivity contribution in [3.63, 3.8) is 0 Å². The molecule has 0 aliphatic carbocycles. The van der Waals surface area contributed by atoms with Crippen molar-refractivity contribution in [2.45, 2.75) is 24.7 Å². The molecule has 1 amide bonds. The van der Waals surface area contributed by atoms with Crippen LogP contribution in [0, 0.1) is 0 Å². The van der Waals surface area contributed by atoms with E-state index in [-0.39, 0.29) is 17.2 Å². The first-order chi connectivity index (χ1) is 14.9. The third kappa shape index (κ3) is 5.96. The van der Waals surface area contributed by atoms with Crippen LogP contribution in [0.2, 0.25) is 0 Å². The number of sulfonamides is 1. The number of amides is 1. The standard InChI is InChI=1S/C22H28N2O6S/c1-3-30-19-7-5-18(6-8-19)23-22(25)11-4-17-16-20(9-10-21(17)28-2)31(26,27)24-12-14-29-15-13-24/h5-10,16H,3-4,11-15H2,1-2H3,(H,23,25). The van der Waals surface area contributed by atoms with Gasteiger partial charge in [0.1, 0.15) is 11.5 Å². The van der Waals surface area contributed by atoms with E-state index in [1.165, 1.54) is 17.5 Å². The van der Waals surface area contributed by atoms with E-state index in [2.05, 4.69) is 5.32 Å². The van der Waals surface area contributed by atoms with E-state index < -0.39 is 10.0 Å². The average Bonchev–Trinajstić information content (AvgIpc) is 2.79. The van der Waals surface area contributed by atoms with Gasteiger partial charge in [0, 0.05) is 25.2 Å². The molecular weight excluding hydrogens is 420 g/mol. The number of aryl methyl sites for hydroxylation is 1. The zero-order valence-corrected chi connectivity index (χ0v) is 18.6. The summed E-state index contributed by atoms with van der Waals surface area (Å²) in [5.74, 6) is 1.12. The van der Waals surface area contributed by atoms with Gasteiger partial charge in [-0.15, -0.1) is 0 Å². The third-order valence-electron chi connectivity index (χ3n) is 4.93. The zero-order valence-electron chi connectivity index (χ0n) is 17.8. The molecule has 9 heteroatoms. The Morgan fingerprint density at radius 1 is 1.13 bits per heavy atom. The Bertz CT molecular complexity index is 986. The van der Waals surface area contributed by atoms with Crippen LogP contribution in [0.5, 0.6) is 11.5 Å². The topological polar surface area (TPSA) is 94.2 Å². The highest BCUT2D eigenvalue weighted by Crippen LogP contribution is 2.26. The van der Waals surface area contributed by atoms with E-state index in [1.807, 2.05) is 6.92 Å². The molecule has 1 N–H and O–H groups in total. The average molecular weight is 449 g/mol. The van der Waals surface area contributed by atoms with Crippen molar-refractivity contribution in [2.75, 3.05) is 45.3 Å². The number of hydrogen-bond acceptors (Lipinski definition) is 6. The van der Waals surface area contributed by atoms with Crippen molar-refractivity contribution >= 4 is 21.6 Å². The number of carbonyl (C=O) groups excluding carboxylic acids is 1. The van der Waals surface area contributed by atoms with Crippen LogP contribution >= 0.6 is 0 Å².